The zero-order valence-electron chi connectivity index (χ0n) is 28.5. The van der Waals surface area contributed by atoms with Crippen LogP contribution in [0.1, 0.15) is 0 Å². The van der Waals surface area contributed by atoms with Crippen molar-refractivity contribution in [3.63, 3.8) is 0 Å². The Bertz CT molecular complexity index is 2950. The molecule has 0 fully saturated rings. The molecule has 5 aromatic heterocycles. The molecule has 0 aliphatic heterocycles. The maximum Gasteiger partial charge on any atom is 0.145 e. The Kier molecular flexibility index (Phi) is 6.45. The summed E-state index contributed by atoms with van der Waals surface area (Å²) in [4.78, 5) is 14.2. The molecule has 0 saturated heterocycles. The van der Waals surface area contributed by atoms with Gasteiger partial charge < -0.3 is 9.13 Å². The summed E-state index contributed by atoms with van der Waals surface area (Å²) in [7, 11) is 0. The van der Waals surface area contributed by atoms with Gasteiger partial charge in [0.2, 0.25) is 0 Å². The van der Waals surface area contributed by atoms with E-state index >= 15 is 0 Å². The number of para-hydroxylation sites is 4. The molecule has 248 valence electrons. The lowest BCUT2D eigenvalue weighted by Crippen LogP contribution is -2.01. The Balaban J connectivity index is 1.20. The zero-order valence-corrected chi connectivity index (χ0v) is 28.5. The molecular weight excluding hydrogens is 649 g/mol. The van der Waals surface area contributed by atoms with E-state index in [2.05, 4.69) is 169 Å². The third-order valence-electron chi connectivity index (χ3n) is 10.4. The molecule has 53 heavy (non-hydrogen) atoms. The molecule has 0 bridgehead atoms. The molecule has 11 aromatic rings. The summed E-state index contributed by atoms with van der Waals surface area (Å²) in [6, 6.07) is 56.0. The van der Waals surface area contributed by atoms with Gasteiger partial charge in [-0.2, -0.15) is 0 Å². The quantitative estimate of drug-likeness (QED) is 0.182. The summed E-state index contributed by atoms with van der Waals surface area (Å²) in [5, 5.41) is 4.60. The molecule has 0 aliphatic rings. The van der Waals surface area contributed by atoms with Crippen LogP contribution in [0.2, 0.25) is 0 Å². The van der Waals surface area contributed by atoms with E-state index < -0.39 is 0 Å². The molecule has 0 aliphatic carbocycles. The average Bonchev–Trinajstić information content (AvgIpc) is 3.89. The number of rotatable bonds is 5. The van der Waals surface area contributed by atoms with E-state index in [9.17, 15) is 0 Å². The Morgan fingerprint density at radius 1 is 0.340 bits per heavy atom. The molecule has 11 rings (SSSR count). The second-order valence-electron chi connectivity index (χ2n) is 13.4. The normalized spacial score (nSPS) is 11.8. The van der Waals surface area contributed by atoms with Crippen molar-refractivity contribution in [2.45, 2.75) is 0 Å². The summed E-state index contributed by atoms with van der Waals surface area (Å²) in [5.74, 6) is 0.913. The largest absolute Gasteiger partial charge is 0.309 e. The van der Waals surface area contributed by atoms with Gasteiger partial charge in [0.05, 0.1) is 33.1 Å². The molecule has 0 saturated carbocycles. The predicted molar refractivity (Wildman–Crippen MR) is 216 cm³/mol. The predicted octanol–water partition coefficient (Wildman–Crippen LogP) is 11.3. The van der Waals surface area contributed by atoms with Crippen LogP contribution in [0.15, 0.2) is 183 Å². The number of fused-ring (bicyclic) bond motifs is 7. The fourth-order valence-electron chi connectivity index (χ4n) is 8.10. The lowest BCUT2D eigenvalue weighted by molar-refractivity contribution is 1.10. The third kappa shape index (κ3) is 4.56. The summed E-state index contributed by atoms with van der Waals surface area (Å²) in [6.07, 6.45) is 7.71. The molecular formula is C47H30N6. The Hall–Kier alpha value is -7.31. The van der Waals surface area contributed by atoms with Crippen molar-refractivity contribution in [2.24, 2.45) is 0 Å². The molecule has 6 heteroatoms. The highest BCUT2D eigenvalue weighted by molar-refractivity contribution is 6.10. The van der Waals surface area contributed by atoms with Crippen LogP contribution in [-0.2, 0) is 0 Å². The molecule has 6 nitrogen and oxygen atoms in total. The standard InChI is InChI=1S/C47H30N6/c1-2-11-31(12-3-1)47-50-41-17-6-9-20-46(41)53(47)34-14-10-13-32(25-34)33-26-35(51-42-18-7-4-15-37(42)39-29-48-23-21-44(39)51)28-36(27-33)52-43-19-8-5-16-38(43)40-30-49-24-22-45(40)52/h1-30H. The average molecular weight is 679 g/mol. The van der Waals surface area contributed by atoms with Gasteiger partial charge in [-0.15, -0.1) is 0 Å². The number of imidazole rings is 1. The van der Waals surface area contributed by atoms with Crippen molar-refractivity contribution in [1.82, 2.24) is 28.7 Å². The smallest absolute Gasteiger partial charge is 0.145 e. The summed E-state index contributed by atoms with van der Waals surface area (Å²) < 4.78 is 7.02. The molecule has 0 atom stereocenters. The highest BCUT2D eigenvalue weighted by Crippen LogP contribution is 2.38. The SMILES string of the molecule is c1ccc(-c2nc3ccccc3n2-c2cccc(-c3cc(-n4c5ccccc5c5cnccc54)cc(-n4c5ccccc5c5cnccc54)c3)c2)cc1. The molecule has 0 unspecified atom stereocenters. The van der Waals surface area contributed by atoms with Crippen LogP contribution in [0.5, 0.6) is 0 Å². The van der Waals surface area contributed by atoms with Gasteiger partial charge in [0, 0.05) is 69.0 Å². The van der Waals surface area contributed by atoms with Crippen LogP contribution < -0.4 is 0 Å². The van der Waals surface area contributed by atoms with Crippen molar-refractivity contribution >= 4 is 54.6 Å². The molecule has 0 radical (unpaired) electrons. The van der Waals surface area contributed by atoms with Crippen LogP contribution in [0.3, 0.4) is 0 Å². The van der Waals surface area contributed by atoms with Crippen LogP contribution in [0.4, 0.5) is 0 Å². The van der Waals surface area contributed by atoms with Gasteiger partial charge in [-0.1, -0.05) is 91.0 Å². The van der Waals surface area contributed by atoms with Gasteiger partial charge in [-0.25, -0.2) is 4.98 Å². The fraction of sp³-hybridized carbons (Fsp3) is 0. The van der Waals surface area contributed by atoms with Crippen molar-refractivity contribution < 1.29 is 0 Å². The molecule has 0 amide bonds. The van der Waals surface area contributed by atoms with E-state index in [1.165, 1.54) is 10.8 Å². The van der Waals surface area contributed by atoms with Crippen molar-refractivity contribution in [1.29, 1.82) is 0 Å². The highest BCUT2D eigenvalue weighted by atomic mass is 15.1. The number of nitrogens with zero attached hydrogens (tertiary/aromatic N) is 6. The first-order valence-electron chi connectivity index (χ1n) is 17.8. The first-order valence-corrected chi connectivity index (χ1v) is 17.8. The molecule has 0 spiro atoms. The van der Waals surface area contributed by atoms with Gasteiger partial charge in [0.25, 0.3) is 0 Å². The second-order valence-corrected chi connectivity index (χ2v) is 13.4. The molecule has 5 heterocycles. The Morgan fingerprint density at radius 3 is 1.53 bits per heavy atom. The van der Waals surface area contributed by atoms with Gasteiger partial charge in [-0.05, 0) is 77.9 Å². The van der Waals surface area contributed by atoms with Crippen molar-refractivity contribution in [3.05, 3.63) is 183 Å². The van der Waals surface area contributed by atoms with E-state index in [-0.39, 0.29) is 0 Å². The zero-order chi connectivity index (χ0) is 34.9. The molecule has 0 N–H and O–H groups in total. The maximum absolute atomic E-state index is 5.12. The minimum atomic E-state index is 0.913. The van der Waals surface area contributed by atoms with Crippen LogP contribution >= 0.6 is 0 Å². The number of benzene rings is 6. The van der Waals surface area contributed by atoms with Gasteiger partial charge in [-0.3, -0.25) is 14.5 Å². The number of pyridine rings is 2. The number of hydrogen-bond donors (Lipinski definition) is 0. The van der Waals surface area contributed by atoms with E-state index in [1.807, 2.05) is 36.9 Å². The first-order chi connectivity index (χ1) is 26.3. The van der Waals surface area contributed by atoms with Crippen LogP contribution in [-0.4, -0.2) is 28.7 Å². The summed E-state index contributed by atoms with van der Waals surface area (Å²) in [5.41, 5.74) is 13.0. The Morgan fingerprint density at radius 2 is 0.868 bits per heavy atom. The minimum Gasteiger partial charge on any atom is -0.309 e. The van der Waals surface area contributed by atoms with E-state index in [4.69, 9.17) is 4.98 Å². The third-order valence-corrected chi connectivity index (χ3v) is 10.4. The number of hydrogen-bond acceptors (Lipinski definition) is 3. The van der Waals surface area contributed by atoms with Crippen molar-refractivity contribution in [2.75, 3.05) is 0 Å². The maximum atomic E-state index is 5.12. The van der Waals surface area contributed by atoms with Crippen LogP contribution in [0, 0.1) is 0 Å². The Labute approximate surface area is 304 Å². The van der Waals surface area contributed by atoms with E-state index in [0.29, 0.717) is 0 Å². The van der Waals surface area contributed by atoms with Gasteiger partial charge in [0.1, 0.15) is 5.82 Å². The van der Waals surface area contributed by atoms with Gasteiger partial charge >= 0.3 is 0 Å². The summed E-state index contributed by atoms with van der Waals surface area (Å²) >= 11 is 0. The second kappa shape index (κ2) is 11.6. The first kappa shape index (κ1) is 29.4. The van der Waals surface area contributed by atoms with Crippen LogP contribution in [0.25, 0.3) is 94.2 Å². The monoisotopic (exact) mass is 678 g/mol. The molecule has 6 aromatic carbocycles. The fourth-order valence-corrected chi connectivity index (χ4v) is 8.10. The topological polar surface area (TPSA) is 53.5 Å². The highest BCUT2D eigenvalue weighted by Gasteiger charge is 2.19. The van der Waals surface area contributed by atoms with E-state index in [0.717, 1.165) is 83.4 Å². The number of aromatic nitrogens is 6. The lowest BCUT2D eigenvalue weighted by Gasteiger charge is -2.17. The lowest BCUT2D eigenvalue weighted by atomic mass is 10.0. The van der Waals surface area contributed by atoms with Gasteiger partial charge in [0.15, 0.2) is 0 Å². The minimum absolute atomic E-state index is 0.913. The summed E-state index contributed by atoms with van der Waals surface area (Å²) in [6.45, 7) is 0. The van der Waals surface area contributed by atoms with Crippen molar-refractivity contribution in [3.8, 4) is 39.6 Å². The van der Waals surface area contributed by atoms with E-state index in [1.54, 1.807) is 0 Å².